The van der Waals surface area contributed by atoms with Gasteiger partial charge >= 0.3 is 0 Å². The number of benzene rings is 1. The molecule has 2 aromatic heterocycles. The van der Waals surface area contributed by atoms with Crippen LogP contribution in [0.5, 0.6) is 0 Å². The zero-order valence-electron chi connectivity index (χ0n) is 18.7. The standard InChI is InChI=1S/C23H30N6O3S/c1-32-23(31)29-11-8-14(9-12-29)19-27-20(25-15-5-4-10-24-13-15)18(21(30)28-19)22-26-16-6-2-3-7-17(16)33-22/h2-3,6-7,14-15,23-24,31H,4-5,8-13H2,1H3,(H2,25,27,28,30)/t15-,23?/m1/s1. The number of aromatic nitrogens is 3. The van der Waals surface area contributed by atoms with Gasteiger partial charge in [-0.3, -0.25) is 9.69 Å². The first-order valence-electron chi connectivity index (χ1n) is 11.5. The minimum absolute atomic E-state index is 0.118. The Labute approximate surface area is 196 Å². The molecule has 33 heavy (non-hydrogen) atoms. The molecule has 4 heterocycles. The quantitative estimate of drug-likeness (QED) is 0.406. The van der Waals surface area contributed by atoms with Gasteiger partial charge in [0.15, 0.2) is 0 Å². The van der Waals surface area contributed by atoms with E-state index in [-0.39, 0.29) is 17.5 Å². The number of piperidine rings is 2. The van der Waals surface area contributed by atoms with Gasteiger partial charge in [-0.1, -0.05) is 12.1 Å². The second-order valence-electron chi connectivity index (χ2n) is 8.72. The van der Waals surface area contributed by atoms with Crippen LogP contribution in [0.3, 0.4) is 0 Å². The molecule has 0 amide bonds. The number of hydrogen-bond donors (Lipinski definition) is 4. The first-order valence-corrected chi connectivity index (χ1v) is 12.4. The Morgan fingerprint density at radius 3 is 2.79 bits per heavy atom. The highest BCUT2D eigenvalue weighted by molar-refractivity contribution is 7.21. The summed E-state index contributed by atoms with van der Waals surface area (Å²) >= 11 is 1.51. The van der Waals surface area contributed by atoms with Crippen LogP contribution < -0.4 is 16.2 Å². The highest BCUT2D eigenvalue weighted by Crippen LogP contribution is 2.34. The molecule has 0 aliphatic carbocycles. The van der Waals surface area contributed by atoms with E-state index in [0.29, 0.717) is 35.3 Å². The molecule has 2 aliphatic heterocycles. The van der Waals surface area contributed by atoms with Crippen molar-refractivity contribution in [2.75, 3.05) is 38.6 Å². The van der Waals surface area contributed by atoms with Gasteiger partial charge in [-0.05, 0) is 44.4 Å². The van der Waals surface area contributed by atoms with Crippen LogP contribution in [-0.2, 0) is 4.74 Å². The molecular weight excluding hydrogens is 440 g/mol. The summed E-state index contributed by atoms with van der Waals surface area (Å²) in [6.45, 7) is 3.22. The fraction of sp³-hybridized carbons (Fsp3) is 0.522. The van der Waals surface area contributed by atoms with Crippen LogP contribution in [0.15, 0.2) is 29.1 Å². The molecule has 0 spiro atoms. The summed E-state index contributed by atoms with van der Waals surface area (Å²) in [5.41, 5.74) is 1.23. The van der Waals surface area contributed by atoms with Crippen molar-refractivity contribution in [3.05, 3.63) is 40.4 Å². The Balaban J connectivity index is 1.48. The van der Waals surface area contributed by atoms with Gasteiger partial charge in [0.25, 0.3) is 5.56 Å². The van der Waals surface area contributed by atoms with Gasteiger partial charge in [0, 0.05) is 38.7 Å². The number of methoxy groups -OCH3 is 1. The Hall–Kier alpha value is -2.37. The Bertz CT molecular complexity index is 1120. The van der Waals surface area contributed by atoms with Crippen LogP contribution in [-0.4, -0.2) is 70.7 Å². The zero-order chi connectivity index (χ0) is 22.8. The fourth-order valence-corrected chi connectivity index (χ4v) is 5.69. The van der Waals surface area contributed by atoms with Crippen LogP contribution in [0.1, 0.15) is 37.4 Å². The van der Waals surface area contributed by atoms with E-state index >= 15 is 0 Å². The molecule has 2 saturated heterocycles. The van der Waals surface area contributed by atoms with Crippen LogP contribution in [0, 0.1) is 0 Å². The summed E-state index contributed by atoms with van der Waals surface area (Å²) < 4.78 is 6.08. The second-order valence-corrected chi connectivity index (χ2v) is 9.75. The van der Waals surface area contributed by atoms with Gasteiger partial charge in [0.1, 0.15) is 22.2 Å². The number of aromatic amines is 1. The summed E-state index contributed by atoms with van der Waals surface area (Å²) in [5.74, 6) is 1.43. The lowest BCUT2D eigenvalue weighted by molar-refractivity contribution is -0.182. The normalized spacial score (nSPS) is 21.3. The van der Waals surface area contributed by atoms with Crippen LogP contribution >= 0.6 is 11.3 Å². The van der Waals surface area contributed by atoms with E-state index in [2.05, 4.69) is 15.6 Å². The lowest BCUT2D eigenvalue weighted by atomic mass is 9.96. The molecule has 0 saturated carbocycles. The van der Waals surface area contributed by atoms with E-state index in [4.69, 9.17) is 14.7 Å². The smallest absolute Gasteiger partial charge is 0.263 e. The molecule has 176 valence electrons. The van der Waals surface area contributed by atoms with Crippen molar-refractivity contribution >= 4 is 27.4 Å². The molecule has 4 N–H and O–H groups in total. The predicted molar refractivity (Wildman–Crippen MR) is 130 cm³/mol. The topological polar surface area (TPSA) is 115 Å². The SMILES string of the molecule is COC(O)N1CCC(c2nc(N[C@@H]3CCCNC3)c(-c3nc4ccccc4s3)c(=O)[nH]2)CC1. The van der Waals surface area contributed by atoms with Gasteiger partial charge in [0.05, 0.1) is 10.2 Å². The highest BCUT2D eigenvalue weighted by atomic mass is 32.1. The number of anilines is 1. The third-order valence-electron chi connectivity index (χ3n) is 6.52. The van der Waals surface area contributed by atoms with Crippen molar-refractivity contribution < 1.29 is 9.84 Å². The first-order chi connectivity index (χ1) is 16.1. The maximum absolute atomic E-state index is 13.4. The number of likely N-dealkylation sites (tertiary alicyclic amines) is 1. The number of thiazole rings is 1. The molecule has 1 aromatic carbocycles. The number of para-hydroxylation sites is 1. The molecule has 3 aromatic rings. The maximum atomic E-state index is 13.4. The summed E-state index contributed by atoms with van der Waals surface area (Å²) in [7, 11) is 1.49. The third-order valence-corrected chi connectivity index (χ3v) is 7.58. The lowest BCUT2D eigenvalue weighted by Gasteiger charge is -2.33. The average molecular weight is 471 g/mol. The fourth-order valence-electron chi connectivity index (χ4n) is 4.68. The molecule has 2 fully saturated rings. The molecule has 2 atom stereocenters. The Kier molecular flexibility index (Phi) is 6.70. The number of aliphatic hydroxyl groups excluding tert-OH is 1. The Morgan fingerprint density at radius 2 is 2.06 bits per heavy atom. The molecule has 10 heteroatoms. The summed E-state index contributed by atoms with van der Waals surface area (Å²) in [6.07, 6.45) is 2.80. The maximum Gasteiger partial charge on any atom is 0.263 e. The van der Waals surface area contributed by atoms with Crippen LogP contribution in [0.25, 0.3) is 20.8 Å². The summed E-state index contributed by atoms with van der Waals surface area (Å²) in [4.78, 5) is 28.0. The number of nitrogens with one attached hydrogen (secondary N) is 3. The van der Waals surface area contributed by atoms with Crippen molar-refractivity contribution in [2.45, 2.75) is 44.1 Å². The van der Waals surface area contributed by atoms with E-state index in [9.17, 15) is 9.90 Å². The molecule has 2 aliphatic rings. The van der Waals surface area contributed by atoms with E-state index in [0.717, 1.165) is 49.0 Å². The van der Waals surface area contributed by atoms with Gasteiger partial charge < -0.3 is 25.5 Å². The monoisotopic (exact) mass is 470 g/mol. The lowest BCUT2D eigenvalue weighted by Crippen LogP contribution is -2.42. The van der Waals surface area contributed by atoms with Crippen molar-refractivity contribution in [3.8, 4) is 10.6 Å². The van der Waals surface area contributed by atoms with Crippen molar-refractivity contribution in [2.24, 2.45) is 0 Å². The van der Waals surface area contributed by atoms with Crippen LogP contribution in [0.4, 0.5) is 5.82 Å². The average Bonchev–Trinajstić information content (AvgIpc) is 3.27. The van der Waals surface area contributed by atoms with Crippen LogP contribution in [0.2, 0.25) is 0 Å². The van der Waals surface area contributed by atoms with Crippen molar-refractivity contribution in [1.29, 1.82) is 0 Å². The third kappa shape index (κ3) is 4.80. The molecule has 0 radical (unpaired) electrons. The minimum atomic E-state index is -0.893. The van der Waals surface area contributed by atoms with Gasteiger partial charge in [-0.25, -0.2) is 9.97 Å². The van der Waals surface area contributed by atoms with E-state index in [1.807, 2.05) is 29.2 Å². The number of fused-ring (bicyclic) bond motifs is 1. The number of nitrogens with zero attached hydrogens (tertiary/aromatic N) is 3. The zero-order valence-corrected chi connectivity index (χ0v) is 19.5. The molecule has 9 nitrogen and oxygen atoms in total. The minimum Gasteiger partial charge on any atom is -0.365 e. The number of aliphatic hydroxyl groups is 1. The van der Waals surface area contributed by atoms with Gasteiger partial charge in [-0.2, -0.15) is 0 Å². The van der Waals surface area contributed by atoms with Crippen molar-refractivity contribution in [1.82, 2.24) is 25.2 Å². The predicted octanol–water partition coefficient (Wildman–Crippen LogP) is 2.31. The second kappa shape index (κ2) is 9.86. The Morgan fingerprint density at radius 1 is 1.24 bits per heavy atom. The number of H-pyrrole nitrogens is 1. The largest absolute Gasteiger partial charge is 0.365 e. The summed E-state index contributed by atoms with van der Waals surface area (Å²) in [6, 6.07) is 8.14. The number of ether oxygens (including phenoxy) is 1. The first kappa shape index (κ1) is 22.4. The van der Waals surface area contributed by atoms with E-state index < -0.39 is 6.41 Å². The van der Waals surface area contributed by atoms with Gasteiger partial charge in [0.2, 0.25) is 6.41 Å². The van der Waals surface area contributed by atoms with Gasteiger partial charge in [-0.15, -0.1) is 11.3 Å². The molecule has 5 rings (SSSR count). The van der Waals surface area contributed by atoms with E-state index in [1.54, 1.807) is 0 Å². The van der Waals surface area contributed by atoms with Crippen molar-refractivity contribution in [3.63, 3.8) is 0 Å². The van der Waals surface area contributed by atoms with E-state index in [1.165, 1.54) is 18.4 Å². The summed E-state index contributed by atoms with van der Waals surface area (Å²) in [5, 5.41) is 17.6. The molecular formula is C23H30N6O3S. The number of hydrogen-bond acceptors (Lipinski definition) is 9. The molecule has 0 bridgehead atoms. The highest BCUT2D eigenvalue weighted by Gasteiger charge is 2.28. The molecule has 1 unspecified atom stereocenters. The number of rotatable bonds is 6.